The number of aliphatic carboxylic acids is 1. The third kappa shape index (κ3) is 8.73. The molecule has 8 heteroatoms. The van der Waals surface area contributed by atoms with Gasteiger partial charge < -0.3 is 15.2 Å². The van der Waals surface area contributed by atoms with Crippen LogP contribution < -0.4 is 5.32 Å². The zero-order valence-electron chi connectivity index (χ0n) is 12.3. The van der Waals surface area contributed by atoms with E-state index in [1.165, 1.54) is 6.92 Å². The molecule has 0 rings (SSSR count). The maximum Gasteiger partial charge on any atom is 0.408 e. The quantitative estimate of drug-likeness (QED) is 0.730. The second-order valence-electron chi connectivity index (χ2n) is 5.42. The van der Waals surface area contributed by atoms with Gasteiger partial charge in [0, 0.05) is 5.75 Å². The van der Waals surface area contributed by atoms with Crippen LogP contribution in [0.1, 0.15) is 40.5 Å². The predicted molar refractivity (Wildman–Crippen MR) is 74.4 cm³/mol. The summed E-state index contributed by atoms with van der Waals surface area (Å²) < 4.78 is 27.6. The number of ether oxygens (including phenoxy) is 1. The topological polar surface area (TPSA) is 110 Å². The molecule has 0 radical (unpaired) electrons. The van der Waals surface area contributed by atoms with Crippen LogP contribution in [0.25, 0.3) is 0 Å². The van der Waals surface area contributed by atoms with Gasteiger partial charge in [-0.25, -0.2) is 18.0 Å². The molecule has 0 spiro atoms. The Hall–Kier alpha value is -1.31. The molecule has 1 atom stereocenters. The summed E-state index contributed by atoms with van der Waals surface area (Å²) in [6.45, 7) is 6.52. The third-order valence-corrected chi connectivity index (χ3v) is 4.17. The van der Waals surface area contributed by atoms with Gasteiger partial charge in [-0.05, 0) is 33.6 Å². The van der Waals surface area contributed by atoms with Gasteiger partial charge in [0.2, 0.25) is 0 Å². The van der Waals surface area contributed by atoms with Crippen LogP contribution >= 0.6 is 0 Å². The minimum atomic E-state index is -3.14. The highest BCUT2D eigenvalue weighted by Crippen LogP contribution is 2.08. The van der Waals surface area contributed by atoms with Crippen LogP contribution in [0.3, 0.4) is 0 Å². The summed E-state index contributed by atoms with van der Waals surface area (Å²) >= 11 is 0. The van der Waals surface area contributed by atoms with E-state index in [0.717, 1.165) is 0 Å². The molecular weight excluding hydrogens is 286 g/mol. The lowest BCUT2D eigenvalue weighted by Gasteiger charge is -2.21. The number of sulfone groups is 1. The molecule has 2 N–H and O–H groups in total. The SMILES string of the molecule is CCS(=O)(=O)CCCC(NC(=O)OC(C)(C)C)C(=O)O. The monoisotopic (exact) mass is 309 g/mol. The number of hydrogen-bond acceptors (Lipinski definition) is 5. The standard InChI is InChI=1S/C12H23NO6S/c1-5-20(17,18)8-6-7-9(10(14)15)13-11(16)19-12(2,3)4/h9H,5-8H2,1-4H3,(H,13,16)(H,14,15). The summed E-state index contributed by atoms with van der Waals surface area (Å²) in [4.78, 5) is 22.5. The Kier molecular flexibility index (Phi) is 6.98. The maximum atomic E-state index is 11.5. The Labute approximate surface area is 119 Å². The van der Waals surface area contributed by atoms with Crippen molar-refractivity contribution in [2.45, 2.75) is 52.2 Å². The largest absolute Gasteiger partial charge is 0.480 e. The van der Waals surface area contributed by atoms with E-state index in [4.69, 9.17) is 9.84 Å². The first-order valence-electron chi connectivity index (χ1n) is 6.39. The Morgan fingerprint density at radius 2 is 1.85 bits per heavy atom. The zero-order chi connectivity index (χ0) is 16.0. The number of carboxylic acids is 1. The smallest absolute Gasteiger partial charge is 0.408 e. The van der Waals surface area contributed by atoms with E-state index in [9.17, 15) is 18.0 Å². The Balaban J connectivity index is 4.39. The molecule has 0 aromatic rings. The summed E-state index contributed by atoms with van der Waals surface area (Å²) in [5, 5.41) is 11.2. The van der Waals surface area contributed by atoms with Crippen molar-refractivity contribution in [3.63, 3.8) is 0 Å². The zero-order valence-corrected chi connectivity index (χ0v) is 13.1. The Bertz CT molecular complexity index is 437. The summed E-state index contributed by atoms with van der Waals surface area (Å²) in [6.07, 6.45) is -0.625. The van der Waals surface area contributed by atoms with Crippen molar-refractivity contribution in [1.82, 2.24) is 5.32 Å². The fourth-order valence-corrected chi connectivity index (χ4v) is 2.25. The van der Waals surface area contributed by atoms with Gasteiger partial charge in [0.25, 0.3) is 0 Å². The minimum Gasteiger partial charge on any atom is -0.480 e. The van der Waals surface area contributed by atoms with Crippen LogP contribution in [0.15, 0.2) is 0 Å². The van der Waals surface area contributed by atoms with Gasteiger partial charge in [0.05, 0.1) is 5.75 Å². The first-order valence-corrected chi connectivity index (χ1v) is 8.21. The third-order valence-electron chi connectivity index (χ3n) is 2.38. The fraction of sp³-hybridized carbons (Fsp3) is 0.833. The van der Waals surface area contributed by atoms with Gasteiger partial charge in [-0.1, -0.05) is 6.92 Å². The highest BCUT2D eigenvalue weighted by molar-refractivity contribution is 7.91. The molecule has 0 fully saturated rings. The van der Waals surface area contributed by atoms with Gasteiger partial charge in [-0.3, -0.25) is 0 Å². The number of rotatable bonds is 7. The predicted octanol–water partition coefficient (Wildman–Crippen LogP) is 1.18. The van der Waals surface area contributed by atoms with E-state index in [1.54, 1.807) is 20.8 Å². The Morgan fingerprint density at radius 3 is 2.25 bits per heavy atom. The molecule has 0 saturated carbocycles. The Morgan fingerprint density at radius 1 is 1.30 bits per heavy atom. The van der Waals surface area contributed by atoms with Crippen molar-refractivity contribution in [2.24, 2.45) is 0 Å². The average molecular weight is 309 g/mol. The molecule has 0 bridgehead atoms. The molecule has 0 aromatic carbocycles. The van der Waals surface area contributed by atoms with Crippen molar-refractivity contribution in [3.05, 3.63) is 0 Å². The number of alkyl carbamates (subject to hydrolysis) is 1. The molecule has 1 amide bonds. The molecule has 1 unspecified atom stereocenters. The average Bonchev–Trinajstić information content (AvgIpc) is 2.24. The van der Waals surface area contributed by atoms with Gasteiger partial charge in [-0.15, -0.1) is 0 Å². The molecule has 0 aliphatic rings. The maximum absolute atomic E-state index is 11.5. The van der Waals surface area contributed by atoms with Crippen molar-refractivity contribution < 1.29 is 27.9 Å². The van der Waals surface area contributed by atoms with E-state index < -0.39 is 33.5 Å². The first kappa shape index (κ1) is 18.7. The molecule has 20 heavy (non-hydrogen) atoms. The molecule has 0 aromatic heterocycles. The van der Waals surface area contributed by atoms with Crippen LogP contribution in [0.5, 0.6) is 0 Å². The summed E-state index contributed by atoms with van der Waals surface area (Å²) in [6, 6.07) is -1.16. The van der Waals surface area contributed by atoms with E-state index in [-0.39, 0.29) is 24.3 Å². The normalized spacial score (nSPS) is 13.6. The van der Waals surface area contributed by atoms with E-state index in [2.05, 4.69) is 5.32 Å². The van der Waals surface area contributed by atoms with E-state index >= 15 is 0 Å². The molecule has 0 aliphatic carbocycles. The second kappa shape index (κ2) is 7.47. The van der Waals surface area contributed by atoms with Crippen molar-refractivity contribution in [1.29, 1.82) is 0 Å². The molecule has 0 aliphatic heterocycles. The molecule has 0 heterocycles. The fourth-order valence-electron chi connectivity index (χ4n) is 1.36. The highest BCUT2D eigenvalue weighted by Gasteiger charge is 2.24. The molecule has 7 nitrogen and oxygen atoms in total. The van der Waals surface area contributed by atoms with Crippen LogP contribution in [0.4, 0.5) is 4.79 Å². The van der Waals surface area contributed by atoms with Crippen molar-refractivity contribution in [3.8, 4) is 0 Å². The number of amides is 1. The van der Waals surface area contributed by atoms with Crippen LogP contribution in [-0.4, -0.2) is 48.7 Å². The van der Waals surface area contributed by atoms with Gasteiger partial charge in [0.1, 0.15) is 21.5 Å². The van der Waals surface area contributed by atoms with Crippen LogP contribution in [-0.2, 0) is 19.4 Å². The van der Waals surface area contributed by atoms with Crippen LogP contribution in [0, 0.1) is 0 Å². The minimum absolute atomic E-state index is 0.0181. The first-order chi connectivity index (χ1) is 8.97. The van der Waals surface area contributed by atoms with Gasteiger partial charge in [-0.2, -0.15) is 0 Å². The summed E-state index contributed by atoms with van der Waals surface area (Å²) in [5.74, 6) is -1.29. The van der Waals surface area contributed by atoms with Crippen molar-refractivity contribution in [2.75, 3.05) is 11.5 Å². The number of carbonyl (C=O) groups excluding carboxylic acids is 1. The molecule has 118 valence electrons. The number of hydrogen-bond donors (Lipinski definition) is 2. The summed E-state index contributed by atoms with van der Waals surface area (Å²) in [7, 11) is -3.14. The van der Waals surface area contributed by atoms with E-state index in [1.807, 2.05) is 0 Å². The van der Waals surface area contributed by atoms with Gasteiger partial charge >= 0.3 is 12.1 Å². The lowest BCUT2D eigenvalue weighted by Crippen LogP contribution is -2.43. The number of nitrogens with one attached hydrogen (secondary N) is 1. The van der Waals surface area contributed by atoms with Crippen molar-refractivity contribution >= 4 is 21.9 Å². The number of carbonyl (C=O) groups is 2. The molecular formula is C12H23NO6S. The summed E-state index contributed by atoms with van der Waals surface area (Å²) in [5.41, 5.74) is -0.724. The van der Waals surface area contributed by atoms with Crippen LogP contribution in [0.2, 0.25) is 0 Å². The lowest BCUT2D eigenvalue weighted by atomic mass is 10.2. The highest BCUT2D eigenvalue weighted by atomic mass is 32.2. The number of carboxylic acid groups (broad SMARTS) is 1. The van der Waals surface area contributed by atoms with Gasteiger partial charge in [0.15, 0.2) is 0 Å². The molecule has 0 saturated heterocycles. The second-order valence-corrected chi connectivity index (χ2v) is 7.89. The lowest BCUT2D eigenvalue weighted by molar-refractivity contribution is -0.139. The van der Waals surface area contributed by atoms with E-state index in [0.29, 0.717) is 0 Å².